The molecule has 5 heteroatoms. The van der Waals surface area contributed by atoms with Crippen LogP contribution in [0.1, 0.15) is 11.7 Å². The molecule has 0 fully saturated rings. The summed E-state index contributed by atoms with van der Waals surface area (Å²) in [6.45, 7) is 0.835. The lowest BCUT2D eigenvalue weighted by molar-refractivity contribution is -0.140. The first-order chi connectivity index (χ1) is 8.66. The van der Waals surface area contributed by atoms with Gasteiger partial charge in [-0.2, -0.15) is 0 Å². The first-order valence-electron chi connectivity index (χ1n) is 5.58. The van der Waals surface area contributed by atoms with Gasteiger partial charge in [-0.15, -0.1) is 0 Å². The molecule has 1 aromatic rings. The Morgan fingerprint density at radius 1 is 1.28 bits per heavy atom. The third-order valence-corrected chi connectivity index (χ3v) is 4.21. The zero-order valence-corrected chi connectivity index (χ0v) is 11.7. The van der Waals surface area contributed by atoms with E-state index in [0.717, 1.165) is 11.1 Å². The van der Waals surface area contributed by atoms with Crippen LogP contribution in [0, 0.1) is 0 Å². The number of alkyl halides is 1. The Hall–Kier alpha value is -0.840. The van der Waals surface area contributed by atoms with Crippen molar-refractivity contribution >= 4 is 33.5 Å². The molecule has 0 saturated carbocycles. The second kappa shape index (κ2) is 4.68. The topological polar surface area (TPSA) is 35.5 Å². The summed E-state index contributed by atoms with van der Waals surface area (Å²) < 4.78 is 10.8. The number of rotatable bonds is 1. The van der Waals surface area contributed by atoms with E-state index in [0.29, 0.717) is 23.8 Å². The minimum absolute atomic E-state index is 0.0579. The molecule has 0 bridgehead atoms. The van der Waals surface area contributed by atoms with Gasteiger partial charge in [0.15, 0.2) is 0 Å². The van der Waals surface area contributed by atoms with Gasteiger partial charge in [0.25, 0.3) is 0 Å². The molecule has 2 unspecified atom stereocenters. The Labute approximate surface area is 118 Å². The molecule has 18 heavy (non-hydrogen) atoms. The number of carbonyl (C=O) groups is 1. The van der Waals surface area contributed by atoms with Crippen LogP contribution in [-0.4, -0.2) is 24.0 Å². The van der Waals surface area contributed by atoms with E-state index in [-0.39, 0.29) is 16.9 Å². The maximum absolute atomic E-state index is 11.9. The largest absolute Gasteiger partial charge is 0.461 e. The van der Waals surface area contributed by atoms with E-state index in [9.17, 15) is 4.79 Å². The van der Waals surface area contributed by atoms with Crippen molar-refractivity contribution in [3.8, 4) is 0 Å². The molecule has 0 radical (unpaired) electrons. The molecule has 0 aliphatic carbocycles. The Kier molecular flexibility index (Phi) is 3.18. The average Bonchev–Trinajstić information content (AvgIpc) is 2.81. The molecule has 2 aliphatic heterocycles. The van der Waals surface area contributed by atoms with Crippen molar-refractivity contribution in [2.75, 3.05) is 13.2 Å². The summed E-state index contributed by atoms with van der Waals surface area (Å²) >= 11 is 9.35. The first kappa shape index (κ1) is 12.2. The zero-order chi connectivity index (χ0) is 12.7. The molecule has 0 N–H and O–H groups in total. The Bertz CT molecular complexity index is 524. The van der Waals surface area contributed by atoms with Gasteiger partial charge >= 0.3 is 5.97 Å². The summed E-state index contributed by atoms with van der Waals surface area (Å²) in [5.74, 6) is -0.279. The molecule has 3 nitrogen and oxygen atoms in total. The van der Waals surface area contributed by atoms with Crippen molar-refractivity contribution in [3.05, 3.63) is 46.0 Å². The molecule has 1 aromatic carbocycles. The lowest BCUT2D eigenvalue weighted by Gasteiger charge is -2.20. The number of carbonyl (C=O) groups excluding carboxylic acids is 1. The summed E-state index contributed by atoms with van der Waals surface area (Å²) in [6, 6.07) is 7.32. The van der Waals surface area contributed by atoms with Crippen LogP contribution in [0.3, 0.4) is 0 Å². The fourth-order valence-corrected chi connectivity index (χ4v) is 2.86. The third kappa shape index (κ3) is 1.98. The molecule has 0 saturated heterocycles. The summed E-state index contributed by atoms with van der Waals surface area (Å²) in [6.07, 6.45) is -0.342. The fraction of sp³-hybridized carbons (Fsp3) is 0.308. The first-order valence-corrected chi connectivity index (χ1v) is 6.87. The number of hydrogen-bond acceptors (Lipinski definition) is 3. The second-order valence-electron chi connectivity index (χ2n) is 4.25. The molecule has 2 heterocycles. The highest BCUT2D eigenvalue weighted by molar-refractivity contribution is 9.09. The lowest BCUT2D eigenvalue weighted by atomic mass is 9.97. The molecule has 0 aromatic heterocycles. The van der Waals surface area contributed by atoms with Crippen LogP contribution < -0.4 is 0 Å². The van der Waals surface area contributed by atoms with E-state index in [2.05, 4.69) is 15.9 Å². The summed E-state index contributed by atoms with van der Waals surface area (Å²) in [5, 5.41) is 0.663. The van der Waals surface area contributed by atoms with Gasteiger partial charge in [-0.25, -0.2) is 4.79 Å². The summed E-state index contributed by atoms with van der Waals surface area (Å²) in [5.41, 5.74) is 2.54. The van der Waals surface area contributed by atoms with Crippen LogP contribution in [-0.2, 0) is 14.3 Å². The van der Waals surface area contributed by atoms with Crippen molar-refractivity contribution < 1.29 is 14.3 Å². The maximum atomic E-state index is 11.9. The van der Waals surface area contributed by atoms with Crippen LogP contribution in [0.25, 0.3) is 0 Å². The highest BCUT2D eigenvalue weighted by Crippen LogP contribution is 2.40. The van der Waals surface area contributed by atoms with Crippen LogP contribution in [0.5, 0.6) is 0 Å². The normalized spacial score (nSPS) is 27.1. The van der Waals surface area contributed by atoms with Gasteiger partial charge in [-0.05, 0) is 23.3 Å². The van der Waals surface area contributed by atoms with Crippen LogP contribution in [0.2, 0.25) is 5.02 Å². The minimum Gasteiger partial charge on any atom is -0.461 e. The lowest BCUT2D eigenvalue weighted by Crippen LogP contribution is -2.26. The summed E-state index contributed by atoms with van der Waals surface area (Å²) in [4.78, 5) is 11.9. The van der Waals surface area contributed by atoms with E-state index in [1.165, 1.54) is 0 Å². The predicted octanol–water partition coefficient (Wildman–Crippen LogP) is 3.03. The number of halogens is 2. The third-order valence-electron chi connectivity index (χ3n) is 3.15. The molecule has 0 spiro atoms. The van der Waals surface area contributed by atoms with Crippen LogP contribution >= 0.6 is 27.5 Å². The quantitative estimate of drug-likeness (QED) is 0.587. The molecule has 2 aliphatic rings. The predicted molar refractivity (Wildman–Crippen MR) is 70.8 cm³/mol. The molecule has 0 amide bonds. The maximum Gasteiger partial charge on any atom is 0.337 e. The van der Waals surface area contributed by atoms with Gasteiger partial charge < -0.3 is 9.47 Å². The molecular weight excluding hydrogens is 319 g/mol. The fourth-order valence-electron chi connectivity index (χ4n) is 2.23. The van der Waals surface area contributed by atoms with Crippen LogP contribution in [0.4, 0.5) is 0 Å². The van der Waals surface area contributed by atoms with Crippen molar-refractivity contribution in [2.24, 2.45) is 0 Å². The molecule has 2 atom stereocenters. The van der Waals surface area contributed by atoms with Crippen molar-refractivity contribution in [3.63, 3.8) is 0 Å². The van der Waals surface area contributed by atoms with E-state index in [1.807, 2.05) is 12.1 Å². The van der Waals surface area contributed by atoms with E-state index in [1.54, 1.807) is 12.1 Å². The smallest absolute Gasteiger partial charge is 0.337 e. The minimum atomic E-state index is -0.342. The average molecular weight is 330 g/mol. The van der Waals surface area contributed by atoms with Gasteiger partial charge in [-0.1, -0.05) is 39.7 Å². The molecule has 94 valence electrons. The zero-order valence-electron chi connectivity index (χ0n) is 9.36. The van der Waals surface area contributed by atoms with Crippen molar-refractivity contribution in [2.45, 2.75) is 10.9 Å². The molecule has 3 rings (SSSR count). The highest BCUT2D eigenvalue weighted by Gasteiger charge is 2.39. The van der Waals surface area contributed by atoms with E-state index < -0.39 is 0 Å². The highest BCUT2D eigenvalue weighted by atomic mass is 79.9. The SMILES string of the molecule is O=C1OCC(Br)C2=C1C(c1ccc(Cl)cc1)OC2. The van der Waals surface area contributed by atoms with Gasteiger partial charge in [0.05, 0.1) is 17.0 Å². The van der Waals surface area contributed by atoms with Crippen molar-refractivity contribution in [1.29, 1.82) is 0 Å². The number of esters is 1. The van der Waals surface area contributed by atoms with Gasteiger partial charge in [0, 0.05) is 5.02 Å². The van der Waals surface area contributed by atoms with Crippen LogP contribution in [0.15, 0.2) is 35.4 Å². The summed E-state index contributed by atoms with van der Waals surface area (Å²) in [7, 11) is 0. The number of ether oxygens (including phenoxy) is 2. The van der Waals surface area contributed by atoms with Gasteiger partial charge in [-0.3, -0.25) is 0 Å². The monoisotopic (exact) mass is 328 g/mol. The molecular formula is C13H10BrClO3. The number of cyclic esters (lactones) is 1. The van der Waals surface area contributed by atoms with E-state index >= 15 is 0 Å². The van der Waals surface area contributed by atoms with Gasteiger partial charge in [0.2, 0.25) is 0 Å². The number of benzene rings is 1. The Morgan fingerprint density at radius 3 is 2.72 bits per heavy atom. The Morgan fingerprint density at radius 2 is 2.00 bits per heavy atom. The standard InChI is InChI=1S/C13H10BrClO3/c14-10-6-18-13(16)11-9(10)5-17-12(11)7-1-3-8(15)4-2-7/h1-4,10,12H,5-6H2. The van der Waals surface area contributed by atoms with Crippen molar-refractivity contribution in [1.82, 2.24) is 0 Å². The van der Waals surface area contributed by atoms with Gasteiger partial charge in [0.1, 0.15) is 12.7 Å². The Balaban J connectivity index is 2.00. The number of hydrogen-bond donors (Lipinski definition) is 0. The second-order valence-corrected chi connectivity index (χ2v) is 5.79. The van der Waals surface area contributed by atoms with E-state index in [4.69, 9.17) is 21.1 Å².